The van der Waals surface area contributed by atoms with Crippen LogP contribution >= 0.6 is 46.4 Å². The minimum Gasteiger partial charge on any atom is -0.333 e. The van der Waals surface area contributed by atoms with Crippen LogP contribution in [0, 0.1) is 0 Å². The molecule has 0 aliphatic carbocycles. The fraction of sp³-hybridized carbons (Fsp3) is 0.231. The highest BCUT2D eigenvalue weighted by atomic mass is 35.5. The molecule has 0 fully saturated rings. The van der Waals surface area contributed by atoms with E-state index in [1.807, 2.05) is 12.1 Å². The summed E-state index contributed by atoms with van der Waals surface area (Å²) in [6.07, 6.45) is 0.573. The van der Waals surface area contributed by atoms with Crippen LogP contribution in [0.1, 0.15) is 22.3 Å². The fourth-order valence-electron chi connectivity index (χ4n) is 4.13. The second-order valence-electron chi connectivity index (χ2n) is 8.76. The molecule has 0 spiro atoms. The van der Waals surface area contributed by atoms with Gasteiger partial charge in [0.1, 0.15) is 0 Å². The Morgan fingerprint density at radius 3 is 1.92 bits per heavy atom. The normalized spacial score (nSPS) is 14.3. The highest BCUT2D eigenvalue weighted by molar-refractivity contribution is 6.35. The van der Waals surface area contributed by atoms with E-state index >= 15 is 0 Å². The van der Waals surface area contributed by atoms with Gasteiger partial charge in [-0.05, 0) is 71.5 Å². The lowest BCUT2D eigenvalue weighted by Gasteiger charge is -2.20. The molecule has 0 saturated heterocycles. The quantitative estimate of drug-likeness (QED) is 0.365. The molecule has 1 aliphatic rings. The van der Waals surface area contributed by atoms with E-state index in [1.165, 1.54) is 0 Å². The lowest BCUT2D eigenvalue weighted by Crippen LogP contribution is -2.42. The summed E-state index contributed by atoms with van der Waals surface area (Å²) in [5.74, 6) is -0.515. The van der Waals surface area contributed by atoms with Crippen molar-refractivity contribution in [3.8, 4) is 0 Å². The molecule has 4 rings (SSSR count). The third kappa shape index (κ3) is 6.32. The van der Waals surface area contributed by atoms with Gasteiger partial charge in [-0.1, -0.05) is 64.6 Å². The summed E-state index contributed by atoms with van der Waals surface area (Å²) < 4.78 is 0. The second-order valence-corrected chi connectivity index (χ2v) is 10.4. The molecule has 188 valence electrons. The number of carbonyl (C=O) groups is 2. The molecule has 0 aromatic heterocycles. The molecule has 2 amide bonds. The molecular formula is C26H24Cl4N4O2. The summed E-state index contributed by atoms with van der Waals surface area (Å²) >= 11 is 24.3. The lowest BCUT2D eigenvalue weighted by atomic mass is 10.1. The van der Waals surface area contributed by atoms with E-state index in [-0.39, 0.29) is 18.2 Å². The molecule has 0 bridgehead atoms. The Balaban J connectivity index is 1.36. The van der Waals surface area contributed by atoms with Gasteiger partial charge in [-0.3, -0.25) is 9.59 Å². The number of rotatable bonds is 7. The molecule has 6 nitrogen and oxygen atoms in total. The predicted molar refractivity (Wildman–Crippen MR) is 146 cm³/mol. The Morgan fingerprint density at radius 1 is 0.778 bits per heavy atom. The molecular weight excluding hydrogens is 542 g/mol. The smallest absolute Gasteiger partial charge is 0.241 e. The van der Waals surface area contributed by atoms with Crippen LogP contribution in [0.3, 0.4) is 0 Å². The number of carbonyl (C=O) groups excluding carboxylic acids is 2. The van der Waals surface area contributed by atoms with Crippen molar-refractivity contribution in [2.24, 2.45) is 11.5 Å². The van der Waals surface area contributed by atoms with E-state index in [2.05, 4.69) is 5.32 Å². The average molecular weight is 566 g/mol. The molecule has 0 saturated carbocycles. The number of fused-ring (bicyclic) bond motifs is 1. The van der Waals surface area contributed by atoms with Gasteiger partial charge in [0, 0.05) is 38.9 Å². The summed E-state index contributed by atoms with van der Waals surface area (Å²) in [6, 6.07) is 14.2. The van der Waals surface area contributed by atoms with Gasteiger partial charge in [0.2, 0.25) is 11.8 Å². The van der Waals surface area contributed by atoms with Crippen LogP contribution in [0.4, 0.5) is 5.69 Å². The largest absolute Gasteiger partial charge is 0.333 e. The van der Waals surface area contributed by atoms with E-state index in [0.717, 1.165) is 22.3 Å². The molecule has 0 radical (unpaired) electrons. The molecule has 5 N–H and O–H groups in total. The summed E-state index contributed by atoms with van der Waals surface area (Å²) in [5, 5.41) is 4.83. The van der Waals surface area contributed by atoms with Crippen molar-refractivity contribution in [3.05, 3.63) is 96.9 Å². The summed E-state index contributed by atoms with van der Waals surface area (Å²) in [7, 11) is 0. The van der Waals surface area contributed by atoms with Crippen molar-refractivity contribution in [2.75, 3.05) is 5.32 Å². The number of amides is 2. The van der Waals surface area contributed by atoms with Crippen molar-refractivity contribution in [2.45, 2.75) is 38.0 Å². The fourth-order valence-corrected chi connectivity index (χ4v) is 5.10. The average Bonchev–Trinajstić information content (AvgIpc) is 3.25. The maximum absolute atomic E-state index is 13.0. The number of halogens is 4. The van der Waals surface area contributed by atoms with Gasteiger partial charge in [-0.25, -0.2) is 0 Å². The standard InChI is InChI=1S/C26H24Cl4N4O2/c27-18-4-1-14(21(29)10-18)8-23(31)25(35)33-20-6-3-16-12-34(13-17(16)7-20)26(36)24(32)9-15-2-5-19(28)11-22(15)30/h1-7,10-11,23-24H,8-9,12-13,31-32H2,(H,33,35). The number of hydrogen-bond acceptors (Lipinski definition) is 4. The second kappa shape index (κ2) is 11.4. The van der Waals surface area contributed by atoms with E-state index in [4.69, 9.17) is 57.9 Å². The highest BCUT2D eigenvalue weighted by Crippen LogP contribution is 2.28. The molecule has 3 aromatic carbocycles. The van der Waals surface area contributed by atoms with Crippen molar-refractivity contribution in [3.63, 3.8) is 0 Å². The Hall–Kier alpha value is -2.32. The monoisotopic (exact) mass is 564 g/mol. The van der Waals surface area contributed by atoms with Gasteiger partial charge in [0.15, 0.2) is 0 Å². The summed E-state index contributed by atoms with van der Waals surface area (Å²) in [6.45, 7) is 0.839. The van der Waals surface area contributed by atoms with Crippen LogP contribution in [-0.4, -0.2) is 28.8 Å². The molecule has 36 heavy (non-hydrogen) atoms. The zero-order valence-corrected chi connectivity index (χ0v) is 22.1. The molecule has 2 unspecified atom stereocenters. The summed E-state index contributed by atoms with van der Waals surface area (Å²) in [5.41, 5.74) is 16.4. The minimum absolute atomic E-state index is 0.176. The van der Waals surface area contributed by atoms with Crippen LogP contribution in [0.15, 0.2) is 54.6 Å². The van der Waals surface area contributed by atoms with Crippen LogP contribution in [0.5, 0.6) is 0 Å². The number of anilines is 1. The first kappa shape index (κ1) is 26.7. The van der Waals surface area contributed by atoms with Gasteiger partial charge in [-0.2, -0.15) is 0 Å². The SMILES string of the molecule is NC(Cc1ccc(Cl)cc1Cl)C(=O)Nc1ccc2c(c1)CN(C(=O)C(N)Cc1ccc(Cl)cc1Cl)C2. The Kier molecular flexibility index (Phi) is 8.45. The minimum atomic E-state index is -0.798. The Morgan fingerprint density at radius 2 is 1.33 bits per heavy atom. The van der Waals surface area contributed by atoms with Gasteiger partial charge in [0.05, 0.1) is 12.1 Å². The molecule has 10 heteroatoms. The van der Waals surface area contributed by atoms with Crippen molar-refractivity contribution < 1.29 is 9.59 Å². The van der Waals surface area contributed by atoms with E-state index in [1.54, 1.807) is 47.4 Å². The van der Waals surface area contributed by atoms with E-state index in [9.17, 15) is 9.59 Å². The van der Waals surface area contributed by atoms with E-state index < -0.39 is 12.1 Å². The number of nitrogens with zero attached hydrogens (tertiary/aromatic N) is 1. The van der Waals surface area contributed by atoms with Crippen LogP contribution in [0.25, 0.3) is 0 Å². The van der Waals surface area contributed by atoms with Gasteiger partial charge < -0.3 is 21.7 Å². The zero-order valence-electron chi connectivity index (χ0n) is 19.1. The predicted octanol–water partition coefficient (Wildman–Crippen LogP) is 5.22. The third-order valence-corrected chi connectivity index (χ3v) is 7.25. The first-order valence-corrected chi connectivity index (χ1v) is 12.7. The van der Waals surface area contributed by atoms with Crippen molar-refractivity contribution in [1.82, 2.24) is 4.90 Å². The highest BCUT2D eigenvalue weighted by Gasteiger charge is 2.28. The third-order valence-electron chi connectivity index (χ3n) is 6.07. The number of nitrogens with two attached hydrogens (primary N) is 2. The topological polar surface area (TPSA) is 101 Å². The maximum Gasteiger partial charge on any atom is 0.241 e. The van der Waals surface area contributed by atoms with Crippen LogP contribution in [0.2, 0.25) is 20.1 Å². The lowest BCUT2D eigenvalue weighted by molar-refractivity contribution is -0.133. The number of benzene rings is 3. The van der Waals surface area contributed by atoms with Gasteiger partial charge in [0.25, 0.3) is 0 Å². The van der Waals surface area contributed by atoms with Crippen molar-refractivity contribution in [1.29, 1.82) is 0 Å². The van der Waals surface area contributed by atoms with E-state index in [0.29, 0.717) is 45.3 Å². The zero-order chi connectivity index (χ0) is 26.0. The van der Waals surface area contributed by atoms with Gasteiger partial charge >= 0.3 is 0 Å². The number of hydrogen-bond donors (Lipinski definition) is 3. The first-order chi connectivity index (χ1) is 17.1. The van der Waals surface area contributed by atoms with Crippen LogP contribution < -0.4 is 16.8 Å². The van der Waals surface area contributed by atoms with Crippen molar-refractivity contribution >= 4 is 63.9 Å². The number of nitrogens with one attached hydrogen (secondary N) is 1. The van der Waals surface area contributed by atoms with Gasteiger partial charge in [-0.15, -0.1) is 0 Å². The maximum atomic E-state index is 13.0. The molecule has 1 heterocycles. The molecule has 3 aromatic rings. The molecule has 2 atom stereocenters. The summed E-state index contributed by atoms with van der Waals surface area (Å²) in [4.78, 5) is 27.4. The molecule has 1 aliphatic heterocycles. The Bertz CT molecular complexity index is 1320. The Labute approximate surface area is 229 Å². The first-order valence-electron chi connectivity index (χ1n) is 11.2. The van der Waals surface area contributed by atoms with Crippen LogP contribution in [-0.2, 0) is 35.5 Å².